The van der Waals surface area contributed by atoms with Crippen molar-refractivity contribution in [3.05, 3.63) is 64.3 Å². The van der Waals surface area contributed by atoms with Crippen molar-refractivity contribution in [2.45, 2.75) is 13.8 Å². The third-order valence-corrected chi connectivity index (χ3v) is 5.08. The molecule has 11 nitrogen and oxygen atoms in total. The molecule has 0 aliphatic heterocycles. The van der Waals surface area contributed by atoms with E-state index < -0.39 is 5.91 Å². The molecular weight excluding hydrogens is 492 g/mol. The van der Waals surface area contributed by atoms with Gasteiger partial charge in [0.25, 0.3) is 5.91 Å². The van der Waals surface area contributed by atoms with Crippen LogP contribution in [0.25, 0.3) is 17.1 Å². The van der Waals surface area contributed by atoms with Crippen LogP contribution in [-0.4, -0.2) is 43.5 Å². The highest BCUT2D eigenvalue weighted by molar-refractivity contribution is 9.10. The number of aromatic nitrogens is 5. The lowest BCUT2D eigenvalue weighted by molar-refractivity contribution is 0.0950. The van der Waals surface area contributed by atoms with Gasteiger partial charge < -0.3 is 10.5 Å². The Morgan fingerprint density at radius 1 is 1.24 bits per heavy atom. The Balaban J connectivity index is 1.70. The lowest BCUT2D eigenvalue weighted by atomic mass is 10.1. The molecule has 12 heteroatoms. The Kier molecular flexibility index (Phi) is 6.45. The summed E-state index contributed by atoms with van der Waals surface area (Å²) in [6, 6.07) is 14.7. The molecule has 0 fully saturated rings. The first-order valence-electron chi connectivity index (χ1n) is 9.85. The normalized spacial score (nSPS) is 11.4. The average molecular weight is 511 g/mol. The molecule has 0 radical (unpaired) electrons. The lowest BCUT2D eigenvalue weighted by Gasteiger charge is -2.08. The van der Waals surface area contributed by atoms with Crippen molar-refractivity contribution in [2.75, 3.05) is 12.3 Å². The molecule has 0 aliphatic carbocycles. The number of hydrogen-bond donors (Lipinski definition) is 2. The van der Waals surface area contributed by atoms with Gasteiger partial charge in [-0.3, -0.25) is 4.79 Å². The van der Waals surface area contributed by atoms with Crippen molar-refractivity contribution >= 4 is 33.4 Å². The zero-order valence-corrected chi connectivity index (χ0v) is 19.3. The van der Waals surface area contributed by atoms with Gasteiger partial charge in [0.15, 0.2) is 5.69 Å². The second kappa shape index (κ2) is 9.61. The molecule has 0 aliphatic rings. The molecule has 4 aromatic rings. The number of nitrogens with one attached hydrogen (secondary N) is 1. The minimum Gasteiger partial charge on any atom is -0.494 e. The van der Waals surface area contributed by atoms with Crippen LogP contribution in [0, 0.1) is 0 Å². The zero-order valence-electron chi connectivity index (χ0n) is 17.7. The standard InChI is InChI=1S/C21H19BrN8O3/c1-3-32-16-9-7-13(8-10-16)18-17(25-29-30(18)20-19(23)27-33-28-20)21(31)26-24-12(2)14-5-4-6-15(22)11-14/h4-11H,3H2,1-2H3,(H2,23,27)(H,26,31)/b24-12-. The summed E-state index contributed by atoms with van der Waals surface area (Å²) >= 11 is 3.42. The van der Waals surface area contributed by atoms with Gasteiger partial charge in [-0.25, -0.2) is 10.1 Å². The molecule has 0 saturated heterocycles. The van der Waals surface area contributed by atoms with Crippen LogP contribution in [0.2, 0.25) is 0 Å². The molecule has 2 aromatic heterocycles. The van der Waals surface area contributed by atoms with E-state index in [1.165, 1.54) is 4.68 Å². The third kappa shape index (κ3) is 4.75. The van der Waals surface area contributed by atoms with Gasteiger partial charge in [-0.1, -0.05) is 33.3 Å². The van der Waals surface area contributed by atoms with E-state index in [1.807, 2.05) is 31.2 Å². The van der Waals surface area contributed by atoms with Crippen LogP contribution in [-0.2, 0) is 0 Å². The monoisotopic (exact) mass is 510 g/mol. The van der Waals surface area contributed by atoms with E-state index in [9.17, 15) is 4.79 Å². The van der Waals surface area contributed by atoms with E-state index >= 15 is 0 Å². The summed E-state index contributed by atoms with van der Waals surface area (Å²) in [5.41, 5.74) is 10.8. The molecule has 3 N–H and O–H groups in total. The predicted octanol–water partition coefficient (Wildman–Crippen LogP) is 3.21. The van der Waals surface area contributed by atoms with Gasteiger partial charge >= 0.3 is 0 Å². The van der Waals surface area contributed by atoms with Gasteiger partial charge in [-0.15, -0.1) is 5.10 Å². The number of carbonyl (C=O) groups is 1. The van der Waals surface area contributed by atoms with Crippen LogP contribution in [0.5, 0.6) is 5.75 Å². The fraction of sp³-hybridized carbons (Fsp3) is 0.143. The van der Waals surface area contributed by atoms with E-state index in [4.69, 9.17) is 10.5 Å². The molecule has 2 heterocycles. The molecular formula is C21H19BrN8O3. The highest BCUT2D eigenvalue weighted by Gasteiger charge is 2.25. The molecule has 0 bridgehead atoms. The van der Waals surface area contributed by atoms with Gasteiger partial charge in [0.05, 0.1) is 12.3 Å². The molecule has 168 valence electrons. The van der Waals surface area contributed by atoms with Crippen molar-refractivity contribution in [1.29, 1.82) is 0 Å². The minimum atomic E-state index is -0.561. The second-order valence-corrected chi connectivity index (χ2v) is 7.69. The first kappa shape index (κ1) is 22.1. The maximum absolute atomic E-state index is 13.0. The van der Waals surface area contributed by atoms with E-state index in [2.05, 4.69) is 51.7 Å². The van der Waals surface area contributed by atoms with E-state index in [0.717, 1.165) is 10.0 Å². The Hall–Kier alpha value is -4.06. The number of amides is 1. The number of halogens is 1. The number of nitrogens with two attached hydrogens (primary N) is 1. The topological polar surface area (TPSA) is 146 Å². The van der Waals surface area contributed by atoms with Crippen LogP contribution < -0.4 is 15.9 Å². The van der Waals surface area contributed by atoms with Gasteiger partial charge in [-0.05, 0) is 66.1 Å². The fourth-order valence-electron chi connectivity index (χ4n) is 3.02. The van der Waals surface area contributed by atoms with Crippen LogP contribution in [0.15, 0.2) is 62.7 Å². The van der Waals surface area contributed by atoms with E-state index in [-0.39, 0.29) is 17.3 Å². The number of nitrogens with zero attached hydrogens (tertiary/aromatic N) is 6. The molecule has 0 saturated carbocycles. The fourth-order valence-corrected chi connectivity index (χ4v) is 3.42. The Labute approximate surface area is 196 Å². The number of hydrazone groups is 1. The Morgan fingerprint density at radius 3 is 2.70 bits per heavy atom. The number of hydrogen-bond acceptors (Lipinski definition) is 9. The summed E-state index contributed by atoms with van der Waals surface area (Å²) in [5, 5.41) is 19.6. The average Bonchev–Trinajstić information content (AvgIpc) is 3.44. The summed E-state index contributed by atoms with van der Waals surface area (Å²) in [4.78, 5) is 13.0. The van der Waals surface area contributed by atoms with Crippen molar-refractivity contribution in [2.24, 2.45) is 5.10 Å². The quantitative estimate of drug-likeness (QED) is 0.284. The Morgan fingerprint density at radius 2 is 2.03 bits per heavy atom. The summed E-state index contributed by atoms with van der Waals surface area (Å²) in [6.07, 6.45) is 0. The summed E-state index contributed by atoms with van der Waals surface area (Å²) < 4.78 is 12.4. The SMILES string of the molecule is CCOc1ccc(-c2c(C(=O)N/N=C(/C)c3cccc(Br)c3)nnn2-c2nonc2N)cc1. The van der Waals surface area contributed by atoms with Gasteiger partial charge in [0.2, 0.25) is 11.6 Å². The number of rotatable bonds is 7. The number of nitrogen functional groups attached to an aromatic ring is 1. The highest BCUT2D eigenvalue weighted by Crippen LogP contribution is 2.28. The molecule has 4 rings (SSSR count). The van der Waals surface area contributed by atoms with Gasteiger partial charge in [0.1, 0.15) is 11.4 Å². The largest absolute Gasteiger partial charge is 0.494 e. The van der Waals surface area contributed by atoms with Crippen LogP contribution in [0.3, 0.4) is 0 Å². The summed E-state index contributed by atoms with van der Waals surface area (Å²) in [6.45, 7) is 4.21. The lowest BCUT2D eigenvalue weighted by Crippen LogP contribution is -2.21. The molecule has 0 unspecified atom stereocenters. The van der Waals surface area contributed by atoms with Crippen LogP contribution >= 0.6 is 15.9 Å². The maximum atomic E-state index is 13.0. The van der Waals surface area contributed by atoms with E-state index in [0.29, 0.717) is 29.3 Å². The van der Waals surface area contributed by atoms with Gasteiger partial charge in [-0.2, -0.15) is 9.78 Å². The Bertz CT molecular complexity index is 1310. The first-order chi connectivity index (χ1) is 16.0. The van der Waals surface area contributed by atoms with Crippen LogP contribution in [0.1, 0.15) is 29.9 Å². The minimum absolute atomic E-state index is 0.00237. The second-order valence-electron chi connectivity index (χ2n) is 6.78. The maximum Gasteiger partial charge on any atom is 0.294 e. The molecule has 33 heavy (non-hydrogen) atoms. The van der Waals surface area contributed by atoms with Crippen LogP contribution in [0.4, 0.5) is 5.82 Å². The number of carbonyl (C=O) groups excluding carboxylic acids is 1. The zero-order chi connectivity index (χ0) is 23.4. The van der Waals surface area contributed by atoms with Crippen molar-refractivity contribution in [3.8, 4) is 22.8 Å². The highest BCUT2D eigenvalue weighted by atomic mass is 79.9. The molecule has 0 atom stereocenters. The number of ether oxygens (including phenoxy) is 1. The predicted molar refractivity (Wildman–Crippen MR) is 124 cm³/mol. The van der Waals surface area contributed by atoms with Crippen molar-refractivity contribution in [1.82, 2.24) is 30.7 Å². The third-order valence-electron chi connectivity index (χ3n) is 4.59. The summed E-state index contributed by atoms with van der Waals surface area (Å²) in [7, 11) is 0. The van der Waals surface area contributed by atoms with Crippen molar-refractivity contribution in [3.63, 3.8) is 0 Å². The number of anilines is 1. The van der Waals surface area contributed by atoms with Crippen molar-refractivity contribution < 1.29 is 14.2 Å². The summed E-state index contributed by atoms with van der Waals surface area (Å²) in [5.74, 6) is 0.236. The molecule has 0 spiro atoms. The number of benzene rings is 2. The molecule has 1 amide bonds. The van der Waals surface area contributed by atoms with E-state index in [1.54, 1.807) is 31.2 Å². The smallest absolute Gasteiger partial charge is 0.294 e. The van der Waals surface area contributed by atoms with Gasteiger partial charge in [0, 0.05) is 10.0 Å². The first-order valence-corrected chi connectivity index (χ1v) is 10.6. The molecule has 2 aromatic carbocycles.